The quantitative estimate of drug-likeness (QED) is 0.440. The number of aryl methyl sites for hydroxylation is 1. The molecule has 0 heterocycles. The number of hydrogen-bond donors (Lipinski definition) is 0. The van der Waals surface area contributed by atoms with Crippen molar-refractivity contribution < 1.29 is 4.79 Å². The molecule has 0 unspecified atom stereocenters. The Hall–Kier alpha value is -2.08. The topological polar surface area (TPSA) is 44.1 Å². The minimum atomic E-state index is -0.227. The number of Topliss-reactive ketones (excluding diaryl/α,β-unsaturated/α-hetero) is 1. The van der Waals surface area contributed by atoms with Gasteiger partial charge < -0.3 is 4.90 Å². The highest BCUT2D eigenvalue weighted by molar-refractivity contribution is 6.12. The molecule has 3 nitrogen and oxygen atoms in total. The SMILES string of the molecule is Cc1ccccc1C(=O)/C(C#N)=C/N(C)C. The summed E-state index contributed by atoms with van der Waals surface area (Å²) in [6.45, 7) is 1.86. The zero-order chi connectivity index (χ0) is 12.1. The first kappa shape index (κ1) is 12.0. The van der Waals surface area contributed by atoms with E-state index in [-0.39, 0.29) is 11.4 Å². The van der Waals surface area contributed by atoms with Crippen molar-refractivity contribution >= 4 is 5.78 Å². The number of allylic oxidation sites excluding steroid dienone is 1. The number of carbonyl (C=O) groups is 1. The lowest BCUT2D eigenvalue weighted by atomic mass is 10.0. The van der Waals surface area contributed by atoms with E-state index in [0.717, 1.165) is 5.56 Å². The zero-order valence-corrected chi connectivity index (χ0v) is 9.69. The Labute approximate surface area is 95.6 Å². The second-order valence-electron chi connectivity index (χ2n) is 3.76. The highest BCUT2D eigenvalue weighted by Gasteiger charge is 2.13. The van der Waals surface area contributed by atoms with E-state index < -0.39 is 0 Å². The molecule has 0 aliphatic carbocycles. The van der Waals surface area contributed by atoms with E-state index in [1.807, 2.05) is 25.1 Å². The average Bonchev–Trinajstić information content (AvgIpc) is 2.25. The van der Waals surface area contributed by atoms with Crippen molar-refractivity contribution in [3.63, 3.8) is 0 Å². The molecule has 0 radical (unpaired) electrons. The van der Waals surface area contributed by atoms with Crippen LogP contribution in [0.4, 0.5) is 0 Å². The van der Waals surface area contributed by atoms with Crippen molar-refractivity contribution in [3.8, 4) is 6.07 Å². The minimum absolute atomic E-state index is 0.152. The summed E-state index contributed by atoms with van der Waals surface area (Å²) in [5.41, 5.74) is 1.61. The van der Waals surface area contributed by atoms with Crippen LogP contribution in [0.25, 0.3) is 0 Å². The molecule has 0 spiro atoms. The van der Waals surface area contributed by atoms with Crippen LogP contribution in [-0.2, 0) is 0 Å². The molecule has 1 aromatic rings. The van der Waals surface area contributed by atoms with Gasteiger partial charge in [0.25, 0.3) is 0 Å². The third-order valence-electron chi connectivity index (χ3n) is 2.14. The first-order valence-electron chi connectivity index (χ1n) is 4.95. The van der Waals surface area contributed by atoms with Crippen LogP contribution in [0.5, 0.6) is 0 Å². The Morgan fingerprint density at radius 2 is 2.00 bits per heavy atom. The van der Waals surface area contributed by atoms with Gasteiger partial charge in [0.15, 0.2) is 0 Å². The maximum absolute atomic E-state index is 12.0. The Morgan fingerprint density at radius 1 is 1.38 bits per heavy atom. The Kier molecular flexibility index (Phi) is 3.84. The molecule has 82 valence electrons. The van der Waals surface area contributed by atoms with Crippen LogP contribution in [0.2, 0.25) is 0 Å². The number of ketones is 1. The average molecular weight is 214 g/mol. The van der Waals surface area contributed by atoms with E-state index in [4.69, 9.17) is 5.26 Å². The van der Waals surface area contributed by atoms with Gasteiger partial charge in [-0.3, -0.25) is 4.79 Å². The molecule has 1 rings (SSSR count). The summed E-state index contributed by atoms with van der Waals surface area (Å²) < 4.78 is 0. The largest absolute Gasteiger partial charge is 0.382 e. The van der Waals surface area contributed by atoms with Crippen molar-refractivity contribution in [1.29, 1.82) is 5.26 Å². The fourth-order valence-corrected chi connectivity index (χ4v) is 1.37. The monoisotopic (exact) mass is 214 g/mol. The molecule has 0 bridgehead atoms. The fraction of sp³-hybridized carbons (Fsp3) is 0.231. The molecule has 16 heavy (non-hydrogen) atoms. The molecular formula is C13H14N2O. The van der Waals surface area contributed by atoms with Gasteiger partial charge in [-0.1, -0.05) is 24.3 Å². The third kappa shape index (κ3) is 2.71. The second-order valence-corrected chi connectivity index (χ2v) is 3.76. The number of nitrogens with zero attached hydrogens (tertiary/aromatic N) is 2. The van der Waals surface area contributed by atoms with Gasteiger partial charge in [0.2, 0.25) is 5.78 Å². The van der Waals surface area contributed by atoms with Crippen LogP contribution in [0, 0.1) is 18.3 Å². The van der Waals surface area contributed by atoms with Gasteiger partial charge >= 0.3 is 0 Å². The normalized spacial score (nSPS) is 10.8. The summed E-state index contributed by atoms with van der Waals surface area (Å²) in [7, 11) is 3.56. The van der Waals surface area contributed by atoms with E-state index in [1.54, 1.807) is 31.1 Å². The van der Waals surface area contributed by atoms with Gasteiger partial charge in [-0.15, -0.1) is 0 Å². The van der Waals surface area contributed by atoms with Crippen molar-refractivity contribution in [2.45, 2.75) is 6.92 Å². The summed E-state index contributed by atoms with van der Waals surface area (Å²) >= 11 is 0. The molecule has 0 atom stereocenters. The number of rotatable bonds is 3. The predicted octanol–water partition coefficient (Wildman–Crippen LogP) is 2.15. The lowest BCUT2D eigenvalue weighted by molar-refractivity contribution is 0.103. The number of benzene rings is 1. The van der Waals surface area contributed by atoms with E-state index in [1.165, 1.54) is 6.20 Å². The number of nitriles is 1. The molecule has 0 aliphatic rings. The van der Waals surface area contributed by atoms with Gasteiger partial charge in [-0.25, -0.2) is 0 Å². The van der Waals surface area contributed by atoms with E-state index in [9.17, 15) is 4.79 Å². The van der Waals surface area contributed by atoms with E-state index in [0.29, 0.717) is 5.56 Å². The smallest absolute Gasteiger partial charge is 0.205 e. The fourth-order valence-electron chi connectivity index (χ4n) is 1.37. The van der Waals surface area contributed by atoms with E-state index in [2.05, 4.69) is 0 Å². The van der Waals surface area contributed by atoms with Crippen LogP contribution < -0.4 is 0 Å². The highest BCUT2D eigenvalue weighted by Crippen LogP contribution is 2.12. The van der Waals surface area contributed by atoms with Crippen LogP contribution in [0.3, 0.4) is 0 Å². The van der Waals surface area contributed by atoms with Crippen molar-refractivity contribution in [2.75, 3.05) is 14.1 Å². The third-order valence-corrected chi connectivity index (χ3v) is 2.14. The first-order chi connectivity index (χ1) is 7.56. The second kappa shape index (κ2) is 5.13. The summed E-state index contributed by atoms with van der Waals surface area (Å²) in [6, 6.07) is 9.19. The Morgan fingerprint density at radius 3 is 2.50 bits per heavy atom. The molecule has 0 N–H and O–H groups in total. The van der Waals surface area contributed by atoms with Gasteiger partial charge in [-0.05, 0) is 12.5 Å². The molecule has 0 saturated carbocycles. The molecule has 1 aromatic carbocycles. The van der Waals surface area contributed by atoms with Crippen LogP contribution in [0.15, 0.2) is 36.0 Å². The predicted molar refractivity (Wildman–Crippen MR) is 62.9 cm³/mol. The van der Waals surface area contributed by atoms with Gasteiger partial charge in [0.05, 0.1) is 0 Å². The molecule has 0 amide bonds. The summed E-state index contributed by atoms with van der Waals surface area (Å²) in [4.78, 5) is 13.7. The molecular weight excluding hydrogens is 200 g/mol. The first-order valence-corrected chi connectivity index (χ1v) is 4.95. The molecule has 0 aliphatic heterocycles. The summed E-state index contributed by atoms with van der Waals surface area (Å²) in [5.74, 6) is -0.227. The Balaban J connectivity index is 3.12. The minimum Gasteiger partial charge on any atom is -0.382 e. The summed E-state index contributed by atoms with van der Waals surface area (Å²) in [5, 5.41) is 8.93. The summed E-state index contributed by atoms with van der Waals surface area (Å²) in [6.07, 6.45) is 1.54. The maximum Gasteiger partial charge on any atom is 0.205 e. The van der Waals surface area contributed by atoms with Crippen molar-refractivity contribution in [3.05, 3.63) is 47.2 Å². The lowest BCUT2D eigenvalue weighted by Gasteiger charge is -2.07. The Bertz CT molecular complexity index is 467. The lowest BCUT2D eigenvalue weighted by Crippen LogP contribution is -2.09. The van der Waals surface area contributed by atoms with Crippen molar-refractivity contribution in [1.82, 2.24) is 4.90 Å². The zero-order valence-electron chi connectivity index (χ0n) is 9.69. The highest BCUT2D eigenvalue weighted by atomic mass is 16.1. The molecule has 0 saturated heterocycles. The molecule has 0 aromatic heterocycles. The van der Waals surface area contributed by atoms with Crippen molar-refractivity contribution in [2.24, 2.45) is 0 Å². The van der Waals surface area contributed by atoms with Crippen LogP contribution in [0.1, 0.15) is 15.9 Å². The van der Waals surface area contributed by atoms with Crippen LogP contribution in [-0.4, -0.2) is 24.8 Å². The maximum atomic E-state index is 12.0. The molecule has 0 fully saturated rings. The number of hydrogen-bond acceptors (Lipinski definition) is 3. The van der Waals surface area contributed by atoms with Gasteiger partial charge in [0, 0.05) is 25.9 Å². The molecule has 3 heteroatoms. The standard InChI is InChI=1S/C13H14N2O/c1-10-6-4-5-7-12(10)13(16)11(8-14)9-15(2)3/h4-7,9H,1-3H3/b11-9+. The van der Waals surface area contributed by atoms with Crippen LogP contribution >= 0.6 is 0 Å². The number of carbonyl (C=O) groups excluding carboxylic acids is 1. The van der Waals surface area contributed by atoms with E-state index >= 15 is 0 Å². The van der Waals surface area contributed by atoms with Gasteiger partial charge in [0.1, 0.15) is 11.6 Å². The van der Waals surface area contributed by atoms with Gasteiger partial charge in [-0.2, -0.15) is 5.26 Å².